The third-order valence-corrected chi connectivity index (χ3v) is 4.44. The summed E-state index contributed by atoms with van der Waals surface area (Å²) in [7, 11) is 0. The lowest BCUT2D eigenvalue weighted by atomic mass is 10.1. The van der Waals surface area contributed by atoms with Gasteiger partial charge in [-0.2, -0.15) is 4.39 Å². The van der Waals surface area contributed by atoms with Crippen molar-refractivity contribution in [1.82, 2.24) is 30.2 Å². The van der Waals surface area contributed by atoms with Gasteiger partial charge in [0.2, 0.25) is 5.95 Å². The predicted molar refractivity (Wildman–Crippen MR) is 109 cm³/mol. The van der Waals surface area contributed by atoms with Gasteiger partial charge in [0.05, 0.1) is 17.6 Å². The molecule has 0 saturated heterocycles. The highest BCUT2D eigenvalue weighted by molar-refractivity contribution is 5.92. The first-order valence-electron chi connectivity index (χ1n) is 9.18. The predicted octanol–water partition coefficient (Wildman–Crippen LogP) is 3.37. The van der Waals surface area contributed by atoms with Crippen molar-refractivity contribution in [3.63, 3.8) is 0 Å². The van der Waals surface area contributed by atoms with Gasteiger partial charge in [-0.15, -0.1) is 0 Å². The topological polar surface area (TPSA) is 93.6 Å². The summed E-state index contributed by atoms with van der Waals surface area (Å²) in [5.41, 5.74) is 4.80. The maximum absolute atomic E-state index is 13.4. The van der Waals surface area contributed by atoms with Crippen LogP contribution >= 0.6 is 0 Å². The second kappa shape index (κ2) is 8.52. The number of nitrogens with zero attached hydrogens (tertiary/aromatic N) is 5. The van der Waals surface area contributed by atoms with Gasteiger partial charge in [-0.05, 0) is 36.2 Å². The van der Waals surface area contributed by atoms with Crippen LogP contribution in [0.4, 0.5) is 4.39 Å². The molecular formula is C22H17FN6O. The summed E-state index contributed by atoms with van der Waals surface area (Å²) in [6.45, 7) is 2.18. The highest BCUT2D eigenvalue weighted by Gasteiger charge is 2.10. The molecule has 0 radical (unpaired) electrons. The number of nitrogens with one attached hydrogen (secondary N) is 1. The quantitative estimate of drug-likeness (QED) is 0.516. The molecule has 148 valence electrons. The molecule has 0 bridgehead atoms. The largest absolute Gasteiger partial charge is 0.347 e. The van der Waals surface area contributed by atoms with E-state index >= 15 is 0 Å². The van der Waals surface area contributed by atoms with Crippen molar-refractivity contribution in [3.05, 3.63) is 90.3 Å². The fourth-order valence-electron chi connectivity index (χ4n) is 2.98. The minimum Gasteiger partial charge on any atom is -0.347 e. The highest BCUT2D eigenvalue weighted by atomic mass is 19.1. The van der Waals surface area contributed by atoms with Crippen molar-refractivity contribution < 1.29 is 9.18 Å². The van der Waals surface area contributed by atoms with Crippen molar-refractivity contribution in [1.29, 1.82) is 0 Å². The lowest BCUT2D eigenvalue weighted by molar-refractivity contribution is 0.0946. The van der Waals surface area contributed by atoms with Crippen molar-refractivity contribution >= 4 is 5.91 Å². The van der Waals surface area contributed by atoms with Crippen molar-refractivity contribution in [3.8, 4) is 22.5 Å². The first-order chi connectivity index (χ1) is 14.6. The van der Waals surface area contributed by atoms with E-state index in [0.29, 0.717) is 29.2 Å². The monoisotopic (exact) mass is 400 g/mol. The summed E-state index contributed by atoms with van der Waals surface area (Å²) < 4.78 is 13.4. The second-order valence-corrected chi connectivity index (χ2v) is 6.58. The van der Waals surface area contributed by atoms with Crippen LogP contribution in [0.15, 0.2) is 67.5 Å². The van der Waals surface area contributed by atoms with Gasteiger partial charge in [-0.1, -0.05) is 6.07 Å². The molecule has 4 rings (SSSR count). The Morgan fingerprint density at radius 1 is 0.933 bits per heavy atom. The standard InChI is InChI=1S/C22H17FN6O/c1-14-8-15(10-28-21(14)16-4-5-26-20(23)9-16)11-29-22(30)18-3-2-17(12-27-18)19-13-24-6-7-25-19/h2-10,12-13H,11H2,1H3,(H,29,30). The molecule has 4 aromatic heterocycles. The summed E-state index contributed by atoms with van der Waals surface area (Å²) in [5, 5.41) is 2.83. The molecule has 0 unspecified atom stereocenters. The maximum atomic E-state index is 13.4. The van der Waals surface area contributed by atoms with E-state index in [1.165, 1.54) is 12.3 Å². The molecule has 4 aromatic rings. The highest BCUT2D eigenvalue weighted by Crippen LogP contribution is 2.21. The van der Waals surface area contributed by atoms with Crippen LogP contribution < -0.4 is 5.32 Å². The Labute approximate surface area is 172 Å². The van der Waals surface area contributed by atoms with Gasteiger partial charge in [0, 0.05) is 54.7 Å². The Hall–Kier alpha value is -4.07. The Balaban J connectivity index is 1.42. The van der Waals surface area contributed by atoms with Gasteiger partial charge in [-0.25, -0.2) is 4.98 Å². The van der Waals surface area contributed by atoms with Crippen LogP contribution in [0, 0.1) is 12.9 Å². The van der Waals surface area contributed by atoms with E-state index in [1.54, 1.807) is 49.2 Å². The number of rotatable bonds is 5. The Morgan fingerprint density at radius 2 is 1.83 bits per heavy atom. The van der Waals surface area contributed by atoms with Gasteiger partial charge in [-0.3, -0.25) is 24.7 Å². The number of hydrogen-bond donors (Lipinski definition) is 1. The second-order valence-electron chi connectivity index (χ2n) is 6.58. The van der Waals surface area contributed by atoms with Crippen LogP contribution in [-0.2, 0) is 6.54 Å². The number of halogens is 1. The van der Waals surface area contributed by atoms with E-state index in [-0.39, 0.29) is 5.91 Å². The van der Waals surface area contributed by atoms with Crippen LogP contribution in [0.25, 0.3) is 22.5 Å². The van der Waals surface area contributed by atoms with Gasteiger partial charge in [0.1, 0.15) is 5.69 Å². The van der Waals surface area contributed by atoms with Crippen LogP contribution in [0.3, 0.4) is 0 Å². The number of carbonyl (C=O) groups excluding carboxylic acids is 1. The fourth-order valence-corrected chi connectivity index (χ4v) is 2.98. The molecule has 4 heterocycles. The number of aromatic nitrogens is 5. The van der Waals surface area contributed by atoms with Crippen LogP contribution in [0.5, 0.6) is 0 Å². The number of pyridine rings is 3. The number of hydrogen-bond acceptors (Lipinski definition) is 6. The average molecular weight is 400 g/mol. The summed E-state index contributed by atoms with van der Waals surface area (Å²) >= 11 is 0. The molecule has 1 N–H and O–H groups in total. The summed E-state index contributed by atoms with van der Waals surface area (Å²) in [6.07, 6.45) is 9.48. The van der Waals surface area contributed by atoms with E-state index in [4.69, 9.17) is 0 Å². The van der Waals surface area contributed by atoms with E-state index in [0.717, 1.165) is 16.7 Å². The van der Waals surface area contributed by atoms with Crippen LogP contribution in [0.1, 0.15) is 21.6 Å². The molecule has 0 fully saturated rings. The third-order valence-electron chi connectivity index (χ3n) is 4.44. The molecule has 0 aliphatic rings. The van der Waals surface area contributed by atoms with Gasteiger partial charge >= 0.3 is 0 Å². The van der Waals surface area contributed by atoms with Crippen LogP contribution in [-0.4, -0.2) is 30.8 Å². The van der Waals surface area contributed by atoms with E-state index in [2.05, 4.69) is 30.2 Å². The minimum absolute atomic E-state index is 0.293. The molecule has 1 amide bonds. The van der Waals surface area contributed by atoms with Crippen molar-refractivity contribution in [2.24, 2.45) is 0 Å². The van der Waals surface area contributed by atoms with Crippen molar-refractivity contribution in [2.45, 2.75) is 13.5 Å². The van der Waals surface area contributed by atoms with Gasteiger partial charge in [0.15, 0.2) is 0 Å². The van der Waals surface area contributed by atoms with Gasteiger partial charge in [0.25, 0.3) is 5.91 Å². The molecule has 7 nitrogen and oxygen atoms in total. The normalized spacial score (nSPS) is 10.6. The molecule has 30 heavy (non-hydrogen) atoms. The van der Waals surface area contributed by atoms with E-state index in [1.807, 2.05) is 13.0 Å². The lowest BCUT2D eigenvalue weighted by Crippen LogP contribution is -2.23. The first kappa shape index (κ1) is 19.3. The number of amides is 1. The molecule has 0 aliphatic heterocycles. The Kier molecular flexibility index (Phi) is 5.47. The maximum Gasteiger partial charge on any atom is 0.270 e. The number of aryl methyl sites for hydroxylation is 1. The smallest absolute Gasteiger partial charge is 0.270 e. The Morgan fingerprint density at radius 3 is 2.53 bits per heavy atom. The number of carbonyl (C=O) groups is 1. The molecule has 0 saturated carbocycles. The molecule has 0 aromatic carbocycles. The summed E-state index contributed by atoms with van der Waals surface area (Å²) in [4.78, 5) is 32.8. The fraction of sp³-hybridized carbons (Fsp3) is 0.0909. The average Bonchev–Trinajstić information content (AvgIpc) is 2.78. The molecule has 0 atom stereocenters. The third kappa shape index (κ3) is 4.33. The van der Waals surface area contributed by atoms with Crippen LogP contribution in [0.2, 0.25) is 0 Å². The van der Waals surface area contributed by atoms with E-state index in [9.17, 15) is 9.18 Å². The Bertz CT molecular complexity index is 1180. The zero-order valence-corrected chi connectivity index (χ0v) is 16.1. The first-order valence-corrected chi connectivity index (χ1v) is 9.18. The summed E-state index contributed by atoms with van der Waals surface area (Å²) in [6, 6.07) is 8.37. The molecule has 0 spiro atoms. The van der Waals surface area contributed by atoms with E-state index < -0.39 is 5.95 Å². The SMILES string of the molecule is Cc1cc(CNC(=O)c2ccc(-c3cnccn3)cn2)cnc1-c1ccnc(F)c1. The zero-order valence-electron chi connectivity index (χ0n) is 16.1. The zero-order chi connectivity index (χ0) is 20.9. The van der Waals surface area contributed by atoms with Gasteiger partial charge < -0.3 is 5.32 Å². The minimum atomic E-state index is -0.553. The molecule has 0 aliphatic carbocycles. The lowest BCUT2D eigenvalue weighted by Gasteiger charge is -2.09. The molecule has 8 heteroatoms. The molecular weight excluding hydrogens is 383 g/mol. The summed E-state index contributed by atoms with van der Waals surface area (Å²) in [5.74, 6) is -0.846. The van der Waals surface area contributed by atoms with Crippen molar-refractivity contribution in [2.75, 3.05) is 0 Å².